The number of carbonyl (C=O) groups excluding carboxylic acids is 2. The van der Waals surface area contributed by atoms with E-state index in [9.17, 15) is 14.0 Å². The van der Waals surface area contributed by atoms with Gasteiger partial charge < -0.3 is 10.2 Å². The maximum Gasteiger partial charge on any atom is 0.243 e. The van der Waals surface area contributed by atoms with Gasteiger partial charge in [0.05, 0.1) is 6.42 Å². The predicted molar refractivity (Wildman–Crippen MR) is 141 cm³/mol. The van der Waals surface area contributed by atoms with Gasteiger partial charge in [-0.25, -0.2) is 4.39 Å². The van der Waals surface area contributed by atoms with Crippen molar-refractivity contribution in [2.75, 3.05) is 0 Å². The molecule has 5 heteroatoms. The van der Waals surface area contributed by atoms with Gasteiger partial charge in [0.1, 0.15) is 11.9 Å². The highest BCUT2D eigenvalue weighted by molar-refractivity contribution is 5.89. The molecule has 1 aliphatic carbocycles. The molecular weight excluding hydrogens is 451 g/mol. The van der Waals surface area contributed by atoms with Crippen molar-refractivity contribution in [1.29, 1.82) is 0 Å². The zero-order chi connectivity index (χ0) is 25.3. The Hall–Kier alpha value is -3.47. The summed E-state index contributed by atoms with van der Waals surface area (Å²) in [6, 6.07) is 23.3. The third kappa shape index (κ3) is 7.27. The first kappa shape index (κ1) is 25.6. The van der Waals surface area contributed by atoms with Crippen molar-refractivity contribution in [3.05, 3.63) is 107 Å². The summed E-state index contributed by atoms with van der Waals surface area (Å²) in [5.41, 5.74) is 3.81. The van der Waals surface area contributed by atoms with Crippen molar-refractivity contribution in [1.82, 2.24) is 10.2 Å². The average Bonchev–Trinajstić information content (AvgIpc) is 2.89. The van der Waals surface area contributed by atoms with Crippen LogP contribution in [0.1, 0.15) is 54.4 Å². The number of hydrogen-bond donors (Lipinski definition) is 1. The minimum atomic E-state index is -0.669. The Morgan fingerprint density at radius 2 is 1.50 bits per heavy atom. The van der Waals surface area contributed by atoms with Crippen molar-refractivity contribution in [3.8, 4) is 0 Å². The van der Waals surface area contributed by atoms with Crippen LogP contribution in [0.4, 0.5) is 4.39 Å². The fourth-order valence-electron chi connectivity index (χ4n) is 4.87. The summed E-state index contributed by atoms with van der Waals surface area (Å²) in [6.45, 7) is 2.25. The van der Waals surface area contributed by atoms with Gasteiger partial charge in [-0.2, -0.15) is 0 Å². The van der Waals surface area contributed by atoms with Gasteiger partial charge in [-0.05, 0) is 48.6 Å². The lowest BCUT2D eigenvalue weighted by Crippen LogP contribution is -2.53. The monoisotopic (exact) mass is 486 g/mol. The number of carbonyl (C=O) groups is 2. The third-order valence-electron chi connectivity index (χ3n) is 6.96. The fraction of sp³-hybridized carbons (Fsp3) is 0.355. The molecule has 0 bridgehead atoms. The molecule has 4 rings (SSSR count). The van der Waals surface area contributed by atoms with Crippen LogP contribution >= 0.6 is 0 Å². The van der Waals surface area contributed by atoms with Crippen LogP contribution in [0, 0.1) is 12.7 Å². The maximum absolute atomic E-state index is 13.8. The Bertz CT molecular complexity index is 1120. The minimum absolute atomic E-state index is 0.120. The van der Waals surface area contributed by atoms with Crippen LogP contribution in [0.5, 0.6) is 0 Å². The van der Waals surface area contributed by atoms with Gasteiger partial charge in [-0.1, -0.05) is 91.6 Å². The first-order valence-corrected chi connectivity index (χ1v) is 12.9. The van der Waals surface area contributed by atoms with E-state index >= 15 is 0 Å². The van der Waals surface area contributed by atoms with Gasteiger partial charge in [0.2, 0.25) is 11.8 Å². The van der Waals surface area contributed by atoms with Crippen LogP contribution in [0.15, 0.2) is 78.9 Å². The summed E-state index contributed by atoms with van der Waals surface area (Å²) in [5.74, 6) is -0.569. The summed E-state index contributed by atoms with van der Waals surface area (Å²) < 4.78 is 13.6. The Labute approximate surface area is 213 Å². The van der Waals surface area contributed by atoms with E-state index in [1.807, 2.05) is 61.5 Å². The molecule has 1 aliphatic rings. The molecular formula is C31H35FN2O2. The Balaban J connectivity index is 1.64. The van der Waals surface area contributed by atoms with Crippen molar-refractivity contribution in [2.24, 2.45) is 0 Å². The zero-order valence-electron chi connectivity index (χ0n) is 21.0. The summed E-state index contributed by atoms with van der Waals surface area (Å²) in [4.78, 5) is 29.2. The lowest BCUT2D eigenvalue weighted by molar-refractivity contribution is -0.141. The molecule has 1 N–H and O–H groups in total. The summed E-state index contributed by atoms with van der Waals surface area (Å²) in [5, 5.41) is 3.25. The minimum Gasteiger partial charge on any atom is -0.352 e. The van der Waals surface area contributed by atoms with Gasteiger partial charge in [-0.3, -0.25) is 9.59 Å². The second-order valence-corrected chi connectivity index (χ2v) is 9.86. The van der Waals surface area contributed by atoms with E-state index in [1.54, 1.807) is 17.0 Å². The molecule has 0 saturated heterocycles. The van der Waals surface area contributed by atoms with Crippen LogP contribution < -0.4 is 5.32 Å². The van der Waals surface area contributed by atoms with E-state index in [-0.39, 0.29) is 36.6 Å². The predicted octanol–water partition coefficient (Wildman–Crippen LogP) is 5.77. The van der Waals surface area contributed by atoms with E-state index < -0.39 is 6.04 Å². The number of nitrogens with one attached hydrogen (secondary N) is 1. The number of rotatable bonds is 9. The summed E-state index contributed by atoms with van der Waals surface area (Å²) in [7, 11) is 0. The molecule has 3 aromatic carbocycles. The number of halogens is 1. The highest BCUT2D eigenvalue weighted by Crippen LogP contribution is 2.20. The molecule has 0 heterocycles. The first-order chi connectivity index (χ1) is 17.5. The average molecular weight is 487 g/mol. The van der Waals surface area contributed by atoms with Gasteiger partial charge in [-0.15, -0.1) is 0 Å². The molecule has 0 aliphatic heterocycles. The normalized spacial score (nSPS) is 14.7. The quantitative estimate of drug-likeness (QED) is 0.418. The molecule has 188 valence electrons. The molecule has 4 nitrogen and oxygen atoms in total. The van der Waals surface area contributed by atoms with Crippen LogP contribution in [0.2, 0.25) is 0 Å². The summed E-state index contributed by atoms with van der Waals surface area (Å²) in [6.07, 6.45) is 5.98. The molecule has 0 aromatic heterocycles. The molecule has 1 fully saturated rings. The SMILES string of the molecule is Cc1ccc(CC(=O)N(Cc2ccc(F)cc2)[C@@H](Cc2ccccc2)C(=O)NC2CCCCC2)cc1. The van der Waals surface area contributed by atoms with Crippen LogP contribution in [-0.2, 0) is 29.0 Å². The lowest BCUT2D eigenvalue weighted by Gasteiger charge is -2.33. The van der Waals surface area contributed by atoms with Gasteiger partial charge in [0, 0.05) is 19.0 Å². The smallest absolute Gasteiger partial charge is 0.243 e. The highest BCUT2D eigenvalue weighted by atomic mass is 19.1. The van der Waals surface area contributed by atoms with E-state index in [0.717, 1.165) is 47.9 Å². The van der Waals surface area contributed by atoms with Crippen LogP contribution in [-0.4, -0.2) is 28.8 Å². The molecule has 0 radical (unpaired) electrons. The molecule has 1 saturated carbocycles. The second-order valence-electron chi connectivity index (χ2n) is 9.86. The fourth-order valence-corrected chi connectivity index (χ4v) is 4.87. The number of benzene rings is 3. The number of hydrogen-bond acceptors (Lipinski definition) is 2. The van der Waals surface area contributed by atoms with Crippen molar-refractivity contribution in [2.45, 2.75) is 70.5 Å². The molecule has 36 heavy (non-hydrogen) atoms. The van der Waals surface area contributed by atoms with Crippen molar-refractivity contribution in [3.63, 3.8) is 0 Å². The molecule has 3 aromatic rings. The van der Waals surface area contributed by atoms with Crippen LogP contribution in [0.3, 0.4) is 0 Å². The topological polar surface area (TPSA) is 49.4 Å². The van der Waals surface area contributed by atoms with E-state index in [4.69, 9.17) is 0 Å². The molecule has 2 amide bonds. The van der Waals surface area contributed by atoms with Gasteiger partial charge >= 0.3 is 0 Å². The largest absolute Gasteiger partial charge is 0.352 e. The van der Waals surface area contributed by atoms with E-state index in [2.05, 4.69) is 5.32 Å². The van der Waals surface area contributed by atoms with Crippen molar-refractivity contribution < 1.29 is 14.0 Å². The standard InChI is InChI=1S/C31H35FN2O2/c1-23-12-14-25(15-13-23)21-30(35)34(22-26-16-18-27(32)19-17-26)29(20-24-8-4-2-5-9-24)31(36)33-28-10-6-3-7-11-28/h2,4-5,8-9,12-19,28-29H,3,6-7,10-11,20-22H2,1H3,(H,33,36)/t29-/m0/s1. The maximum atomic E-state index is 13.8. The van der Waals surface area contributed by atoms with Gasteiger partial charge in [0.25, 0.3) is 0 Å². The van der Waals surface area contributed by atoms with Crippen molar-refractivity contribution >= 4 is 11.8 Å². The van der Waals surface area contributed by atoms with E-state index in [0.29, 0.717) is 6.42 Å². The number of nitrogens with zero attached hydrogens (tertiary/aromatic N) is 1. The molecule has 1 atom stereocenters. The number of amides is 2. The lowest BCUT2D eigenvalue weighted by atomic mass is 9.94. The Kier molecular flexibility index (Phi) is 8.88. The molecule has 0 spiro atoms. The Morgan fingerprint density at radius 1 is 0.861 bits per heavy atom. The van der Waals surface area contributed by atoms with Crippen LogP contribution in [0.25, 0.3) is 0 Å². The third-order valence-corrected chi connectivity index (χ3v) is 6.96. The zero-order valence-corrected chi connectivity index (χ0v) is 21.0. The Morgan fingerprint density at radius 3 is 2.17 bits per heavy atom. The van der Waals surface area contributed by atoms with E-state index in [1.165, 1.54) is 18.6 Å². The molecule has 0 unspecified atom stereocenters. The number of aryl methyl sites for hydroxylation is 1. The van der Waals surface area contributed by atoms with Gasteiger partial charge in [0.15, 0.2) is 0 Å². The highest BCUT2D eigenvalue weighted by Gasteiger charge is 2.32. The second kappa shape index (κ2) is 12.5. The first-order valence-electron chi connectivity index (χ1n) is 12.9. The summed E-state index contributed by atoms with van der Waals surface area (Å²) >= 11 is 0.